The third-order valence-electron chi connectivity index (χ3n) is 4.03. The van der Waals surface area contributed by atoms with Gasteiger partial charge < -0.3 is 10.2 Å². The molecule has 0 amide bonds. The molecule has 0 bridgehead atoms. The molecule has 0 aliphatic rings. The Bertz CT molecular complexity index is 914. The van der Waals surface area contributed by atoms with E-state index in [0.717, 1.165) is 12.0 Å². The molecule has 120 valence electrons. The second kappa shape index (κ2) is 6.54. The van der Waals surface area contributed by atoms with E-state index in [1.54, 1.807) is 12.1 Å². The van der Waals surface area contributed by atoms with Gasteiger partial charge in [0.05, 0.1) is 11.1 Å². The first-order chi connectivity index (χ1) is 11.5. The average molecular weight is 320 g/mol. The van der Waals surface area contributed by atoms with Crippen molar-refractivity contribution in [1.82, 2.24) is 0 Å². The average Bonchev–Trinajstić information content (AvgIpc) is 2.59. The number of benzene rings is 3. The molecule has 3 aromatic rings. The van der Waals surface area contributed by atoms with Crippen molar-refractivity contribution in [2.75, 3.05) is 0 Å². The van der Waals surface area contributed by atoms with Gasteiger partial charge in [0.2, 0.25) is 0 Å². The van der Waals surface area contributed by atoms with E-state index in [9.17, 15) is 14.7 Å². The summed E-state index contributed by atoms with van der Waals surface area (Å²) in [6.45, 7) is 0. The molecule has 0 atom stereocenters. The molecule has 4 heteroatoms. The zero-order valence-corrected chi connectivity index (χ0v) is 12.9. The molecular weight excluding hydrogens is 304 g/mol. The summed E-state index contributed by atoms with van der Waals surface area (Å²) in [7, 11) is 0. The van der Waals surface area contributed by atoms with Crippen molar-refractivity contribution in [1.29, 1.82) is 0 Å². The van der Waals surface area contributed by atoms with E-state index < -0.39 is 11.9 Å². The normalized spacial score (nSPS) is 10.7. The summed E-state index contributed by atoms with van der Waals surface area (Å²) >= 11 is 0. The van der Waals surface area contributed by atoms with Crippen LogP contribution in [0.5, 0.6) is 0 Å². The summed E-state index contributed by atoms with van der Waals surface area (Å²) in [5, 5.41) is 19.8. The first kappa shape index (κ1) is 15.7. The number of hydrogen-bond acceptors (Lipinski definition) is 2. The van der Waals surface area contributed by atoms with Crippen LogP contribution >= 0.6 is 0 Å². The largest absolute Gasteiger partial charge is 0.478 e. The minimum atomic E-state index is -1.02. The molecule has 3 rings (SSSR count). The number of carboxylic acids is 2. The van der Waals surface area contributed by atoms with Crippen LogP contribution in [0.4, 0.5) is 0 Å². The third kappa shape index (κ3) is 3.27. The maximum Gasteiger partial charge on any atom is 0.336 e. The van der Waals surface area contributed by atoms with Crippen LogP contribution in [0.25, 0.3) is 10.8 Å². The molecule has 3 aromatic carbocycles. The number of aromatic carboxylic acids is 2. The lowest BCUT2D eigenvalue weighted by Crippen LogP contribution is -2.02. The Morgan fingerprint density at radius 1 is 0.750 bits per heavy atom. The monoisotopic (exact) mass is 320 g/mol. The van der Waals surface area contributed by atoms with Crippen LogP contribution in [0.15, 0.2) is 60.7 Å². The Morgan fingerprint density at radius 2 is 1.46 bits per heavy atom. The van der Waals surface area contributed by atoms with Gasteiger partial charge >= 0.3 is 11.9 Å². The van der Waals surface area contributed by atoms with E-state index in [-0.39, 0.29) is 11.1 Å². The number of aryl methyl sites for hydroxylation is 2. The van der Waals surface area contributed by atoms with Crippen molar-refractivity contribution in [2.45, 2.75) is 12.8 Å². The third-order valence-corrected chi connectivity index (χ3v) is 4.03. The van der Waals surface area contributed by atoms with Crippen LogP contribution in [0.1, 0.15) is 31.8 Å². The molecule has 0 spiro atoms. The second-order valence-electron chi connectivity index (χ2n) is 5.68. The number of carboxylic acid groups (broad SMARTS) is 2. The first-order valence-electron chi connectivity index (χ1n) is 7.62. The van der Waals surface area contributed by atoms with Gasteiger partial charge in [-0.1, -0.05) is 42.5 Å². The molecule has 0 radical (unpaired) electrons. The molecule has 0 aromatic heterocycles. The highest BCUT2D eigenvalue weighted by atomic mass is 16.4. The predicted octanol–water partition coefficient (Wildman–Crippen LogP) is 4.02. The summed E-state index contributed by atoms with van der Waals surface area (Å²) in [5.41, 5.74) is 2.41. The van der Waals surface area contributed by atoms with Crippen LogP contribution in [-0.2, 0) is 12.8 Å². The molecule has 4 nitrogen and oxygen atoms in total. The van der Waals surface area contributed by atoms with E-state index in [1.165, 1.54) is 17.7 Å². The van der Waals surface area contributed by atoms with Gasteiger partial charge in [-0.25, -0.2) is 9.59 Å². The van der Waals surface area contributed by atoms with E-state index >= 15 is 0 Å². The van der Waals surface area contributed by atoms with Gasteiger partial charge in [-0.05, 0) is 52.9 Å². The molecule has 2 N–H and O–H groups in total. The Labute approximate surface area is 139 Å². The summed E-state index contributed by atoms with van der Waals surface area (Å²) in [4.78, 5) is 22.7. The van der Waals surface area contributed by atoms with Crippen LogP contribution in [0, 0.1) is 0 Å². The number of carbonyl (C=O) groups is 2. The highest BCUT2D eigenvalue weighted by Crippen LogP contribution is 2.24. The van der Waals surface area contributed by atoms with E-state index in [2.05, 4.69) is 0 Å². The minimum absolute atomic E-state index is 0.152. The fraction of sp³-hybridized carbons (Fsp3) is 0.100. The van der Waals surface area contributed by atoms with Gasteiger partial charge in [0.25, 0.3) is 0 Å². The zero-order valence-electron chi connectivity index (χ0n) is 12.9. The van der Waals surface area contributed by atoms with Gasteiger partial charge in [0.1, 0.15) is 0 Å². The van der Waals surface area contributed by atoms with Gasteiger partial charge in [-0.15, -0.1) is 0 Å². The second-order valence-corrected chi connectivity index (χ2v) is 5.68. The standard InChI is InChI=1S/C20H16O4/c21-19(22)15-8-9-17-16(12-15)10-14(11-18(17)20(23)24)7-6-13-4-2-1-3-5-13/h1-5,8-12H,6-7H2,(H,21,22)(H,23,24). The molecule has 0 aliphatic heterocycles. The smallest absolute Gasteiger partial charge is 0.336 e. The summed E-state index contributed by atoms with van der Waals surface area (Å²) in [6, 6.07) is 18.0. The van der Waals surface area contributed by atoms with Crippen molar-refractivity contribution < 1.29 is 19.8 Å². The van der Waals surface area contributed by atoms with Crippen molar-refractivity contribution >= 4 is 22.7 Å². The Kier molecular flexibility index (Phi) is 4.29. The van der Waals surface area contributed by atoms with Crippen LogP contribution in [-0.4, -0.2) is 22.2 Å². The lowest BCUT2D eigenvalue weighted by Gasteiger charge is -2.09. The number of hydrogen-bond donors (Lipinski definition) is 2. The molecule has 0 fully saturated rings. The summed E-state index contributed by atoms with van der Waals surface area (Å²) < 4.78 is 0. The lowest BCUT2D eigenvalue weighted by molar-refractivity contribution is 0.0688. The van der Waals surface area contributed by atoms with Crippen molar-refractivity contribution in [3.05, 3.63) is 82.9 Å². The van der Waals surface area contributed by atoms with E-state index in [4.69, 9.17) is 5.11 Å². The van der Waals surface area contributed by atoms with Gasteiger partial charge in [-0.3, -0.25) is 0 Å². The van der Waals surface area contributed by atoms with Crippen molar-refractivity contribution in [3.8, 4) is 0 Å². The van der Waals surface area contributed by atoms with Crippen LogP contribution < -0.4 is 0 Å². The Balaban J connectivity index is 2.01. The van der Waals surface area contributed by atoms with Crippen LogP contribution in [0.2, 0.25) is 0 Å². The predicted molar refractivity (Wildman–Crippen MR) is 91.7 cm³/mol. The fourth-order valence-electron chi connectivity index (χ4n) is 2.82. The molecule has 0 saturated carbocycles. The molecule has 0 aliphatic carbocycles. The lowest BCUT2D eigenvalue weighted by atomic mass is 9.96. The molecule has 0 saturated heterocycles. The van der Waals surface area contributed by atoms with Crippen molar-refractivity contribution in [3.63, 3.8) is 0 Å². The number of fused-ring (bicyclic) bond motifs is 1. The molecule has 0 unspecified atom stereocenters. The highest BCUT2D eigenvalue weighted by molar-refractivity contribution is 6.05. The highest BCUT2D eigenvalue weighted by Gasteiger charge is 2.13. The Morgan fingerprint density at radius 3 is 2.12 bits per heavy atom. The maximum absolute atomic E-state index is 11.5. The van der Waals surface area contributed by atoms with Crippen LogP contribution in [0.3, 0.4) is 0 Å². The molecule has 24 heavy (non-hydrogen) atoms. The zero-order chi connectivity index (χ0) is 17.1. The fourth-order valence-corrected chi connectivity index (χ4v) is 2.82. The Hall–Kier alpha value is -3.14. The number of rotatable bonds is 5. The van der Waals surface area contributed by atoms with E-state index in [0.29, 0.717) is 17.2 Å². The van der Waals surface area contributed by atoms with Gasteiger partial charge in [0, 0.05) is 0 Å². The minimum Gasteiger partial charge on any atom is -0.478 e. The summed E-state index contributed by atoms with van der Waals surface area (Å²) in [5.74, 6) is -2.03. The van der Waals surface area contributed by atoms with Gasteiger partial charge in [0.15, 0.2) is 0 Å². The van der Waals surface area contributed by atoms with Crippen molar-refractivity contribution in [2.24, 2.45) is 0 Å². The first-order valence-corrected chi connectivity index (χ1v) is 7.62. The quantitative estimate of drug-likeness (QED) is 0.744. The van der Waals surface area contributed by atoms with Gasteiger partial charge in [-0.2, -0.15) is 0 Å². The van der Waals surface area contributed by atoms with E-state index in [1.807, 2.05) is 36.4 Å². The molecular formula is C20H16O4. The molecule has 0 heterocycles. The topological polar surface area (TPSA) is 74.6 Å². The SMILES string of the molecule is O=C(O)c1ccc2c(C(=O)O)cc(CCc3ccccc3)cc2c1. The summed E-state index contributed by atoms with van der Waals surface area (Å²) in [6.07, 6.45) is 1.49. The maximum atomic E-state index is 11.5.